The number of benzene rings is 1. The number of nitrogens with one attached hydrogen (secondary N) is 1. The molecule has 1 aliphatic heterocycles. The zero-order valence-electron chi connectivity index (χ0n) is 14.0. The highest BCUT2D eigenvalue weighted by Crippen LogP contribution is 2.11. The summed E-state index contributed by atoms with van der Waals surface area (Å²) in [5.74, 6) is -0.846. The van der Waals surface area contributed by atoms with Gasteiger partial charge >= 0.3 is 5.97 Å². The number of amides is 1. The van der Waals surface area contributed by atoms with Crippen LogP contribution < -0.4 is 5.32 Å². The normalized spacial score (nSPS) is 16.2. The molecular formula is C18H24N2O4. The van der Waals surface area contributed by atoms with E-state index >= 15 is 0 Å². The summed E-state index contributed by atoms with van der Waals surface area (Å²) in [6.07, 6.45) is 0.727. The Morgan fingerprint density at radius 3 is 2.62 bits per heavy atom. The highest BCUT2D eigenvalue weighted by Gasteiger charge is 2.18. The standard InChI is InChI=1S/C18H24N2O4/c1-3-8-19-17(21)14(2)24-18(22)16-6-4-15(5-7-16)13-20-9-11-23-12-10-20/h3-7,14H,1,8-13H2,2H3,(H,19,21)/t14-/m1/s1. The van der Waals surface area contributed by atoms with Crippen LogP contribution in [0.4, 0.5) is 0 Å². The molecule has 6 nitrogen and oxygen atoms in total. The number of rotatable bonds is 7. The summed E-state index contributed by atoms with van der Waals surface area (Å²) >= 11 is 0. The lowest BCUT2D eigenvalue weighted by molar-refractivity contribution is -0.128. The van der Waals surface area contributed by atoms with Gasteiger partial charge in [-0.1, -0.05) is 18.2 Å². The minimum atomic E-state index is -0.842. The molecule has 0 spiro atoms. The second-order valence-electron chi connectivity index (χ2n) is 5.67. The molecule has 1 amide bonds. The third-order valence-corrected chi connectivity index (χ3v) is 3.77. The first kappa shape index (κ1) is 18.2. The van der Waals surface area contributed by atoms with E-state index in [1.807, 2.05) is 12.1 Å². The molecule has 0 saturated carbocycles. The van der Waals surface area contributed by atoms with E-state index in [2.05, 4.69) is 16.8 Å². The predicted molar refractivity (Wildman–Crippen MR) is 90.6 cm³/mol. The van der Waals surface area contributed by atoms with Gasteiger partial charge in [-0.05, 0) is 24.6 Å². The molecule has 1 aromatic rings. The fourth-order valence-electron chi connectivity index (χ4n) is 2.36. The maximum absolute atomic E-state index is 12.1. The SMILES string of the molecule is C=CCNC(=O)[C@@H](C)OC(=O)c1ccc(CN2CCOCC2)cc1. The minimum Gasteiger partial charge on any atom is -0.449 e. The summed E-state index contributed by atoms with van der Waals surface area (Å²) in [5.41, 5.74) is 1.56. The van der Waals surface area contributed by atoms with Crippen LogP contribution in [0.25, 0.3) is 0 Å². The molecule has 1 fully saturated rings. The number of carbonyl (C=O) groups excluding carboxylic acids is 2. The van der Waals surface area contributed by atoms with Crippen LogP contribution in [0.1, 0.15) is 22.8 Å². The van der Waals surface area contributed by atoms with Gasteiger partial charge in [0.15, 0.2) is 6.10 Å². The van der Waals surface area contributed by atoms with Crippen molar-refractivity contribution in [3.63, 3.8) is 0 Å². The number of morpholine rings is 1. The fourth-order valence-corrected chi connectivity index (χ4v) is 2.36. The van der Waals surface area contributed by atoms with Gasteiger partial charge in [-0.2, -0.15) is 0 Å². The molecule has 2 rings (SSSR count). The Morgan fingerprint density at radius 2 is 2.00 bits per heavy atom. The van der Waals surface area contributed by atoms with Crippen molar-refractivity contribution in [2.24, 2.45) is 0 Å². The average Bonchev–Trinajstić information content (AvgIpc) is 2.61. The quantitative estimate of drug-likeness (QED) is 0.603. The van der Waals surface area contributed by atoms with Crippen molar-refractivity contribution in [2.45, 2.75) is 19.6 Å². The van der Waals surface area contributed by atoms with Crippen molar-refractivity contribution in [3.8, 4) is 0 Å². The average molecular weight is 332 g/mol. The Morgan fingerprint density at radius 1 is 1.33 bits per heavy atom. The molecule has 1 heterocycles. The molecular weight excluding hydrogens is 308 g/mol. The van der Waals surface area contributed by atoms with Gasteiger partial charge < -0.3 is 14.8 Å². The van der Waals surface area contributed by atoms with Crippen molar-refractivity contribution >= 4 is 11.9 Å². The molecule has 0 unspecified atom stereocenters. The molecule has 1 saturated heterocycles. The Balaban J connectivity index is 1.86. The second-order valence-corrected chi connectivity index (χ2v) is 5.67. The van der Waals surface area contributed by atoms with E-state index < -0.39 is 12.1 Å². The highest BCUT2D eigenvalue weighted by molar-refractivity contribution is 5.92. The van der Waals surface area contributed by atoms with Crippen LogP contribution >= 0.6 is 0 Å². The molecule has 24 heavy (non-hydrogen) atoms. The molecule has 1 atom stereocenters. The van der Waals surface area contributed by atoms with Gasteiger partial charge in [-0.3, -0.25) is 9.69 Å². The number of esters is 1. The molecule has 0 bridgehead atoms. The molecule has 0 aliphatic carbocycles. The first-order valence-electron chi connectivity index (χ1n) is 8.09. The van der Waals surface area contributed by atoms with E-state index in [0.29, 0.717) is 12.1 Å². The molecule has 1 N–H and O–H groups in total. The smallest absolute Gasteiger partial charge is 0.338 e. The summed E-state index contributed by atoms with van der Waals surface area (Å²) in [6, 6.07) is 7.28. The van der Waals surface area contributed by atoms with Crippen molar-refractivity contribution < 1.29 is 19.1 Å². The van der Waals surface area contributed by atoms with E-state index in [4.69, 9.17) is 9.47 Å². The Hall–Kier alpha value is -2.18. The van der Waals surface area contributed by atoms with Crippen molar-refractivity contribution in [2.75, 3.05) is 32.8 Å². The molecule has 0 radical (unpaired) electrons. The van der Waals surface area contributed by atoms with Gasteiger partial charge in [0.2, 0.25) is 0 Å². The monoisotopic (exact) mass is 332 g/mol. The molecule has 1 aromatic carbocycles. The number of ether oxygens (including phenoxy) is 2. The van der Waals surface area contributed by atoms with E-state index in [0.717, 1.165) is 38.4 Å². The third-order valence-electron chi connectivity index (χ3n) is 3.77. The number of hydrogen-bond donors (Lipinski definition) is 1. The number of carbonyl (C=O) groups is 2. The van der Waals surface area contributed by atoms with Crippen LogP contribution in [0.5, 0.6) is 0 Å². The lowest BCUT2D eigenvalue weighted by Gasteiger charge is -2.26. The van der Waals surface area contributed by atoms with E-state index in [1.165, 1.54) is 0 Å². The summed E-state index contributed by atoms with van der Waals surface area (Å²) in [7, 11) is 0. The number of nitrogens with zero attached hydrogens (tertiary/aromatic N) is 1. The van der Waals surface area contributed by atoms with Crippen LogP contribution in [-0.2, 0) is 20.8 Å². The molecule has 0 aromatic heterocycles. The molecule has 1 aliphatic rings. The van der Waals surface area contributed by atoms with Crippen LogP contribution in [0.2, 0.25) is 0 Å². The van der Waals surface area contributed by atoms with Crippen LogP contribution in [0.15, 0.2) is 36.9 Å². The van der Waals surface area contributed by atoms with Crippen molar-refractivity contribution in [1.29, 1.82) is 0 Å². The van der Waals surface area contributed by atoms with Crippen molar-refractivity contribution in [1.82, 2.24) is 10.2 Å². The van der Waals surface area contributed by atoms with E-state index in [-0.39, 0.29) is 5.91 Å². The topological polar surface area (TPSA) is 67.9 Å². The van der Waals surface area contributed by atoms with Gasteiger partial charge in [-0.15, -0.1) is 6.58 Å². The van der Waals surface area contributed by atoms with Crippen molar-refractivity contribution in [3.05, 3.63) is 48.0 Å². The summed E-state index contributed by atoms with van der Waals surface area (Å²) in [6.45, 7) is 9.59. The summed E-state index contributed by atoms with van der Waals surface area (Å²) in [4.78, 5) is 26.1. The highest BCUT2D eigenvalue weighted by atomic mass is 16.5. The van der Waals surface area contributed by atoms with Gasteiger partial charge in [0.25, 0.3) is 5.91 Å². The van der Waals surface area contributed by atoms with Gasteiger partial charge in [0.1, 0.15) is 0 Å². The second kappa shape index (κ2) is 9.20. The third kappa shape index (κ3) is 5.47. The minimum absolute atomic E-state index is 0.341. The molecule has 6 heteroatoms. The lowest BCUT2D eigenvalue weighted by atomic mass is 10.1. The first-order valence-corrected chi connectivity index (χ1v) is 8.09. The maximum Gasteiger partial charge on any atom is 0.338 e. The van der Waals surface area contributed by atoms with Gasteiger partial charge in [0, 0.05) is 26.2 Å². The zero-order valence-corrected chi connectivity index (χ0v) is 14.0. The molecule has 130 valence electrons. The van der Waals surface area contributed by atoms with E-state index in [9.17, 15) is 9.59 Å². The fraction of sp³-hybridized carbons (Fsp3) is 0.444. The largest absolute Gasteiger partial charge is 0.449 e. The van der Waals surface area contributed by atoms with E-state index in [1.54, 1.807) is 25.1 Å². The predicted octanol–water partition coefficient (Wildman–Crippen LogP) is 1.37. The Kier molecular flexibility index (Phi) is 6.96. The Labute approximate surface area is 142 Å². The van der Waals surface area contributed by atoms with Crippen LogP contribution in [0, 0.1) is 0 Å². The zero-order chi connectivity index (χ0) is 17.4. The van der Waals surface area contributed by atoms with Gasteiger partial charge in [0.05, 0.1) is 18.8 Å². The maximum atomic E-state index is 12.1. The Bertz CT molecular complexity index is 565. The van der Waals surface area contributed by atoms with Crippen LogP contribution in [0.3, 0.4) is 0 Å². The summed E-state index contributed by atoms with van der Waals surface area (Å²) < 4.78 is 10.5. The van der Waals surface area contributed by atoms with Crippen LogP contribution in [-0.4, -0.2) is 55.7 Å². The number of hydrogen-bond acceptors (Lipinski definition) is 5. The lowest BCUT2D eigenvalue weighted by Crippen LogP contribution is -2.36. The van der Waals surface area contributed by atoms with Gasteiger partial charge in [-0.25, -0.2) is 4.79 Å². The summed E-state index contributed by atoms with van der Waals surface area (Å²) in [5, 5.41) is 2.59. The first-order chi connectivity index (χ1) is 11.6.